The molecule has 0 aromatic rings. The summed E-state index contributed by atoms with van der Waals surface area (Å²) in [4.78, 5) is 23.4. The first kappa shape index (κ1) is 31.1. The first-order valence-corrected chi connectivity index (χ1v) is 15.4. The molecular weight excluding hydrogens is 480 g/mol. The summed E-state index contributed by atoms with van der Waals surface area (Å²) >= 11 is 1.49. The topological polar surface area (TPSA) is 149 Å². The summed E-state index contributed by atoms with van der Waals surface area (Å²) in [6, 6.07) is 0.353. The van der Waals surface area contributed by atoms with E-state index >= 15 is 0 Å². The van der Waals surface area contributed by atoms with Crippen molar-refractivity contribution in [1.29, 1.82) is 0 Å². The third-order valence-electron chi connectivity index (χ3n) is 3.82. The van der Waals surface area contributed by atoms with E-state index in [9.17, 15) is 18.0 Å². The molecule has 2 amide bonds. The van der Waals surface area contributed by atoms with Crippen LogP contribution in [0.2, 0.25) is 6.04 Å². The maximum atomic E-state index is 11.9. The zero-order valence-electron chi connectivity index (χ0n) is 19.4. The number of rotatable bonds is 19. The van der Waals surface area contributed by atoms with Gasteiger partial charge in [0.15, 0.2) is 0 Å². The third kappa shape index (κ3) is 16.7. The van der Waals surface area contributed by atoms with E-state index < -0.39 is 36.7 Å². The van der Waals surface area contributed by atoms with Crippen molar-refractivity contribution in [1.82, 2.24) is 10.6 Å². The van der Waals surface area contributed by atoms with Gasteiger partial charge in [-0.15, -0.1) is 0 Å². The van der Waals surface area contributed by atoms with E-state index in [1.54, 1.807) is 6.92 Å². The average molecular weight is 519 g/mol. The number of carbonyl (C=O) groups is 2. The Morgan fingerprint density at radius 1 is 1.03 bits per heavy atom. The van der Waals surface area contributed by atoms with Gasteiger partial charge < -0.3 is 28.6 Å². The highest BCUT2D eigenvalue weighted by Crippen LogP contribution is 2.17. The van der Waals surface area contributed by atoms with Gasteiger partial charge >= 0.3 is 20.8 Å². The molecule has 0 bridgehead atoms. The van der Waals surface area contributed by atoms with Crippen molar-refractivity contribution < 1.29 is 40.6 Å². The van der Waals surface area contributed by atoms with Crippen LogP contribution in [0.4, 0.5) is 4.79 Å². The second-order valence-electron chi connectivity index (χ2n) is 6.68. The Morgan fingerprint density at radius 3 is 2.12 bits per heavy atom. The van der Waals surface area contributed by atoms with Crippen molar-refractivity contribution >= 4 is 42.7 Å². The highest BCUT2D eigenvalue weighted by Gasteiger charge is 2.39. The highest BCUT2D eigenvalue weighted by molar-refractivity contribution is 7.99. The van der Waals surface area contributed by atoms with Crippen molar-refractivity contribution in [3.05, 3.63) is 0 Å². The Hall–Kier alpha value is -0.903. The van der Waals surface area contributed by atoms with Gasteiger partial charge in [0.2, 0.25) is 0 Å². The number of thioether (sulfide) groups is 1. The Labute approximate surface area is 196 Å². The van der Waals surface area contributed by atoms with Gasteiger partial charge in [-0.1, -0.05) is 0 Å². The number of ether oxygens (including phenoxy) is 1. The first-order valence-electron chi connectivity index (χ1n) is 10.7. The van der Waals surface area contributed by atoms with Gasteiger partial charge in [-0.25, -0.2) is 4.79 Å². The molecule has 0 aromatic carbocycles. The molecule has 0 saturated heterocycles. The van der Waals surface area contributed by atoms with Gasteiger partial charge in [-0.05, 0) is 34.1 Å². The van der Waals surface area contributed by atoms with Crippen LogP contribution in [0, 0.1) is 0 Å². The fraction of sp³-hybridized carbons (Fsp3) is 0.889. The molecule has 0 heterocycles. The lowest BCUT2D eigenvalue weighted by atomic mass is 10.4. The number of hydrogen-bond acceptors (Lipinski definition) is 9. The SMILES string of the molecule is CCO[Si](CCCNC(=O)NCCSCC(C)OC(=O)CCS(=O)(=O)O)(OCC)OCC. The van der Waals surface area contributed by atoms with E-state index in [0.29, 0.717) is 56.9 Å². The molecule has 1 unspecified atom stereocenters. The zero-order chi connectivity index (χ0) is 24.5. The Morgan fingerprint density at radius 2 is 1.59 bits per heavy atom. The van der Waals surface area contributed by atoms with E-state index in [0.717, 1.165) is 0 Å². The molecule has 14 heteroatoms. The third-order valence-corrected chi connectivity index (χ3v) is 8.89. The van der Waals surface area contributed by atoms with Crippen LogP contribution >= 0.6 is 11.8 Å². The summed E-state index contributed by atoms with van der Waals surface area (Å²) in [5.74, 6) is -0.218. The van der Waals surface area contributed by atoms with Crippen LogP contribution in [0.25, 0.3) is 0 Å². The molecule has 0 saturated carbocycles. The minimum atomic E-state index is -4.18. The zero-order valence-corrected chi connectivity index (χ0v) is 22.0. The van der Waals surface area contributed by atoms with E-state index in [2.05, 4.69) is 10.6 Å². The first-order chi connectivity index (χ1) is 15.1. The quantitative estimate of drug-likeness (QED) is 0.0997. The maximum absolute atomic E-state index is 11.9. The molecule has 32 heavy (non-hydrogen) atoms. The number of urea groups is 1. The van der Waals surface area contributed by atoms with Gasteiger partial charge in [0.05, 0.1) is 12.2 Å². The van der Waals surface area contributed by atoms with Crippen molar-refractivity contribution in [3.63, 3.8) is 0 Å². The minimum absolute atomic E-state index is 0.271. The molecule has 0 rings (SSSR count). The maximum Gasteiger partial charge on any atom is 0.500 e. The van der Waals surface area contributed by atoms with Crippen molar-refractivity contribution in [2.45, 2.75) is 52.7 Å². The molecule has 0 radical (unpaired) electrons. The molecule has 190 valence electrons. The van der Waals surface area contributed by atoms with Crippen molar-refractivity contribution in [3.8, 4) is 0 Å². The summed E-state index contributed by atoms with van der Waals surface area (Å²) in [5.41, 5.74) is 0. The fourth-order valence-corrected chi connectivity index (χ4v) is 6.44. The monoisotopic (exact) mass is 518 g/mol. The largest absolute Gasteiger partial charge is 0.500 e. The van der Waals surface area contributed by atoms with E-state index in [4.69, 9.17) is 22.6 Å². The van der Waals surface area contributed by atoms with E-state index in [-0.39, 0.29) is 12.5 Å². The van der Waals surface area contributed by atoms with Crippen LogP contribution in [0.5, 0.6) is 0 Å². The molecule has 1 atom stereocenters. The number of esters is 1. The van der Waals surface area contributed by atoms with Gasteiger partial charge in [0, 0.05) is 50.5 Å². The summed E-state index contributed by atoms with van der Waals surface area (Å²) in [6.45, 7) is 9.84. The predicted molar refractivity (Wildman–Crippen MR) is 125 cm³/mol. The lowest BCUT2D eigenvalue weighted by Crippen LogP contribution is -2.46. The summed E-state index contributed by atoms with van der Waals surface area (Å²) in [6.07, 6.45) is -0.124. The number of amides is 2. The molecule has 0 spiro atoms. The van der Waals surface area contributed by atoms with Gasteiger partial charge in [0.25, 0.3) is 10.1 Å². The molecule has 0 aromatic heterocycles. The predicted octanol–water partition coefficient (Wildman–Crippen LogP) is 1.67. The standard InChI is InChI=1S/C18H38N2O9S2Si/c1-5-26-32(27-6-2,28-7-3)14-8-10-19-18(22)20-11-12-30-15-16(4)29-17(21)9-13-31(23,24)25/h16H,5-15H2,1-4H3,(H2,19,20,22)(H,23,24,25). The highest BCUT2D eigenvalue weighted by atomic mass is 32.2. The summed E-state index contributed by atoms with van der Waals surface area (Å²) in [5, 5.41) is 5.54. The molecule has 0 aliphatic heterocycles. The molecule has 11 nitrogen and oxygen atoms in total. The lowest BCUT2D eigenvalue weighted by molar-refractivity contribution is -0.146. The van der Waals surface area contributed by atoms with Crippen LogP contribution < -0.4 is 10.6 Å². The molecule has 0 aliphatic rings. The van der Waals surface area contributed by atoms with Gasteiger partial charge in [0.1, 0.15) is 6.10 Å². The van der Waals surface area contributed by atoms with Crippen molar-refractivity contribution in [2.24, 2.45) is 0 Å². The van der Waals surface area contributed by atoms with E-state index in [1.165, 1.54) is 11.8 Å². The Bertz CT molecular complexity index is 621. The number of hydrogen-bond donors (Lipinski definition) is 3. The molecule has 0 fully saturated rings. The van der Waals surface area contributed by atoms with Gasteiger partial charge in [-0.3, -0.25) is 9.35 Å². The van der Waals surface area contributed by atoms with Crippen LogP contribution in [0.15, 0.2) is 0 Å². The van der Waals surface area contributed by atoms with E-state index in [1.807, 2.05) is 20.8 Å². The summed E-state index contributed by atoms with van der Waals surface area (Å²) < 4.78 is 52.2. The molecule has 3 N–H and O–H groups in total. The second kappa shape index (κ2) is 17.6. The van der Waals surface area contributed by atoms with Crippen molar-refractivity contribution in [2.75, 3.05) is 50.2 Å². The fourth-order valence-electron chi connectivity index (χ4n) is 2.59. The van der Waals surface area contributed by atoms with Gasteiger partial charge in [-0.2, -0.15) is 20.2 Å². The van der Waals surface area contributed by atoms with Crippen LogP contribution in [-0.2, 0) is 32.9 Å². The minimum Gasteiger partial charge on any atom is -0.462 e. The molecule has 0 aliphatic carbocycles. The normalized spacial score (nSPS) is 12.9. The smallest absolute Gasteiger partial charge is 0.462 e. The summed E-state index contributed by atoms with van der Waals surface area (Å²) in [7, 11) is -6.87. The second-order valence-corrected chi connectivity index (χ2v) is 12.1. The lowest BCUT2D eigenvalue weighted by Gasteiger charge is -2.28. The Kier molecular flexibility index (Phi) is 17.1. The Balaban J connectivity index is 3.94. The number of nitrogens with one attached hydrogen (secondary N) is 2. The average Bonchev–Trinajstić information content (AvgIpc) is 2.69. The van der Waals surface area contributed by atoms with Crippen LogP contribution in [0.1, 0.15) is 40.5 Å². The number of carbonyl (C=O) groups excluding carboxylic acids is 2. The van der Waals surface area contributed by atoms with Crippen LogP contribution in [0.3, 0.4) is 0 Å². The van der Waals surface area contributed by atoms with Crippen LogP contribution in [-0.4, -0.2) is 90.0 Å². The molecular formula is C18H38N2O9S2Si.